The molecule has 0 atom stereocenters. The summed E-state index contributed by atoms with van der Waals surface area (Å²) in [6.07, 6.45) is 5.52. The predicted molar refractivity (Wildman–Crippen MR) is 137 cm³/mol. The van der Waals surface area contributed by atoms with Crippen LogP contribution in [0.3, 0.4) is 0 Å². The molecule has 0 unspecified atom stereocenters. The van der Waals surface area contributed by atoms with Crippen molar-refractivity contribution >= 4 is 29.0 Å². The molecule has 0 saturated carbocycles. The molecule has 1 aliphatic heterocycles. The first-order valence-electron chi connectivity index (χ1n) is 11.5. The fraction of sp³-hybridized carbons (Fsp3) is 0.346. The normalized spacial score (nSPS) is 12.6. The van der Waals surface area contributed by atoms with E-state index >= 15 is 0 Å². The van der Waals surface area contributed by atoms with E-state index < -0.39 is 0 Å². The average Bonchev–Trinajstić information content (AvgIpc) is 2.86. The Morgan fingerprint density at radius 2 is 1.66 bits per heavy atom. The number of rotatable bonds is 7. The summed E-state index contributed by atoms with van der Waals surface area (Å²) in [6, 6.07) is 17.6. The van der Waals surface area contributed by atoms with Gasteiger partial charge in [0, 0.05) is 37.6 Å². The molecule has 0 bridgehead atoms. The maximum absolute atomic E-state index is 11.0. The molecular weight excluding hydrogens is 467 g/mol. The summed E-state index contributed by atoms with van der Waals surface area (Å²) in [7, 11) is 1.63. The zero-order chi connectivity index (χ0) is 24.2. The third-order valence-corrected chi connectivity index (χ3v) is 5.26. The van der Waals surface area contributed by atoms with E-state index in [0.29, 0.717) is 12.6 Å². The van der Waals surface area contributed by atoms with Crippen molar-refractivity contribution in [3.63, 3.8) is 0 Å². The van der Waals surface area contributed by atoms with Gasteiger partial charge in [-0.25, -0.2) is 4.98 Å². The van der Waals surface area contributed by atoms with Gasteiger partial charge >= 0.3 is 51.4 Å². The van der Waals surface area contributed by atoms with E-state index in [4.69, 9.17) is 4.84 Å². The maximum Gasteiger partial charge on any atom is 1.00 e. The van der Waals surface area contributed by atoms with E-state index in [1.54, 1.807) is 13.2 Å². The predicted octanol–water partition coefficient (Wildman–Crippen LogP) is 2.60. The fourth-order valence-corrected chi connectivity index (χ4v) is 3.50. The first kappa shape index (κ1) is 29.4. The summed E-state index contributed by atoms with van der Waals surface area (Å²) in [5, 5.41) is 5.95. The number of benzene rings is 2. The van der Waals surface area contributed by atoms with Gasteiger partial charge in [-0.3, -0.25) is 4.79 Å². The number of hydrogen-bond donors (Lipinski definition) is 2. The molecule has 1 aromatic heterocycles. The van der Waals surface area contributed by atoms with E-state index in [0.717, 1.165) is 35.8 Å². The molecule has 4 rings (SSSR count). The van der Waals surface area contributed by atoms with Crippen LogP contribution in [0.4, 0.5) is 23.1 Å². The first-order chi connectivity index (χ1) is 16.5. The number of amides is 1. The first-order valence-corrected chi connectivity index (χ1v) is 11.5. The monoisotopic (exact) mass is 500 g/mol. The van der Waals surface area contributed by atoms with Crippen LogP contribution in [-0.2, 0) is 16.2 Å². The maximum atomic E-state index is 11.0. The van der Waals surface area contributed by atoms with Crippen molar-refractivity contribution in [2.75, 3.05) is 35.7 Å². The van der Waals surface area contributed by atoms with Gasteiger partial charge in [0.25, 0.3) is 0 Å². The third-order valence-electron chi connectivity index (χ3n) is 5.26. The van der Waals surface area contributed by atoms with Gasteiger partial charge in [-0.1, -0.05) is 29.8 Å². The standard InChI is InChI=1S/C17H21N5O.C9H12NO.K/c1-13(23)19-14-5-7-15(8-6-14)20-17-18-10-9-16(21-17)22-11-3-2-4-12-22;1-8-3-5-9(6-4-8)7-11-10-2;/h5-10H,2-4,11-12H2,1H3,(H,19,23)(H,18,20,21);3-6H,7H2,1-2H3;/q;-1;+1. The Kier molecular flexibility index (Phi) is 13.4. The van der Waals surface area contributed by atoms with Crippen LogP contribution >= 0.6 is 0 Å². The molecule has 180 valence electrons. The second-order valence-electron chi connectivity index (χ2n) is 8.11. The van der Waals surface area contributed by atoms with Crippen LogP contribution in [0.2, 0.25) is 0 Å². The summed E-state index contributed by atoms with van der Waals surface area (Å²) in [5.74, 6) is 1.47. The van der Waals surface area contributed by atoms with E-state index in [1.165, 1.54) is 31.7 Å². The number of carbonyl (C=O) groups excluding carboxylic acids is 1. The quantitative estimate of drug-likeness (QED) is 0.383. The second-order valence-corrected chi connectivity index (χ2v) is 8.11. The molecule has 35 heavy (non-hydrogen) atoms. The minimum atomic E-state index is -0.0803. The Bertz CT molecular complexity index is 1020. The van der Waals surface area contributed by atoms with Gasteiger partial charge in [-0.15, -0.1) is 7.05 Å². The Morgan fingerprint density at radius 3 is 2.29 bits per heavy atom. The van der Waals surface area contributed by atoms with E-state index in [1.807, 2.05) is 42.5 Å². The van der Waals surface area contributed by atoms with Crippen LogP contribution in [0.25, 0.3) is 5.48 Å². The zero-order valence-corrected chi connectivity index (χ0v) is 24.2. The van der Waals surface area contributed by atoms with Crippen LogP contribution < -0.4 is 66.9 Å². The van der Waals surface area contributed by atoms with Crippen LogP contribution in [-0.4, -0.2) is 36.0 Å². The Morgan fingerprint density at radius 1 is 1.00 bits per heavy atom. The minimum absolute atomic E-state index is 0. The number of anilines is 4. The van der Waals surface area contributed by atoms with Gasteiger partial charge in [-0.05, 0) is 62.1 Å². The van der Waals surface area contributed by atoms with Crippen molar-refractivity contribution in [1.29, 1.82) is 0 Å². The van der Waals surface area contributed by atoms with E-state index in [2.05, 4.69) is 50.0 Å². The molecule has 0 spiro atoms. The van der Waals surface area contributed by atoms with E-state index in [9.17, 15) is 4.79 Å². The molecule has 0 radical (unpaired) electrons. The van der Waals surface area contributed by atoms with Crippen LogP contribution in [0, 0.1) is 6.92 Å². The second kappa shape index (κ2) is 16.0. The molecule has 0 aliphatic carbocycles. The SMILES string of the molecule is CC(=O)Nc1ccc(Nc2nccc(N3CCCCC3)n2)cc1.C[N-]OCc1ccc(C)cc1.[K+]. The largest absolute Gasteiger partial charge is 1.00 e. The van der Waals surface area contributed by atoms with Crippen molar-refractivity contribution in [2.45, 2.75) is 39.7 Å². The number of piperidine rings is 1. The molecule has 2 heterocycles. The number of nitrogens with one attached hydrogen (secondary N) is 2. The number of carbonyl (C=O) groups is 1. The summed E-state index contributed by atoms with van der Waals surface area (Å²) < 4.78 is 0. The van der Waals surface area contributed by atoms with Crippen LogP contribution in [0.1, 0.15) is 37.3 Å². The Hall–Kier alpha value is -1.85. The topological polar surface area (TPSA) is 93.5 Å². The van der Waals surface area contributed by atoms with Gasteiger partial charge in [0.1, 0.15) is 5.82 Å². The summed E-state index contributed by atoms with van der Waals surface area (Å²) in [6.45, 7) is 6.24. The van der Waals surface area contributed by atoms with Gasteiger partial charge in [0.05, 0.1) is 6.61 Å². The van der Waals surface area contributed by atoms with E-state index in [-0.39, 0.29) is 57.3 Å². The molecule has 2 N–H and O–H groups in total. The van der Waals surface area contributed by atoms with Crippen molar-refractivity contribution in [2.24, 2.45) is 0 Å². The number of nitrogens with zero attached hydrogens (tertiary/aromatic N) is 4. The zero-order valence-electron chi connectivity index (χ0n) is 21.1. The number of aryl methyl sites for hydroxylation is 1. The van der Waals surface area contributed by atoms with Gasteiger partial charge < -0.3 is 25.9 Å². The summed E-state index contributed by atoms with van der Waals surface area (Å²) in [5.41, 5.74) is 7.63. The molecule has 1 saturated heterocycles. The number of hydrogen-bond acceptors (Lipinski definition) is 6. The molecular formula is C26H33KN6O2. The molecule has 3 aromatic rings. The smallest absolute Gasteiger partial charge is 0.537 e. The molecule has 1 aliphatic rings. The minimum Gasteiger partial charge on any atom is -0.537 e. The third kappa shape index (κ3) is 10.7. The van der Waals surface area contributed by atoms with Gasteiger partial charge in [-0.2, -0.15) is 4.98 Å². The molecule has 1 amide bonds. The Balaban J connectivity index is 0.000000305. The molecule has 9 heteroatoms. The van der Waals surface area contributed by atoms with Crippen LogP contribution in [0.15, 0.2) is 60.8 Å². The number of hydroxylamine groups is 1. The van der Waals surface area contributed by atoms with Crippen molar-refractivity contribution < 1.29 is 61.0 Å². The van der Waals surface area contributed by atoms with Crippen molar-refractivity contribution in [3.8, 4) is 0 Å². The van der Waals surface area contributed by atoms with Crippen molar-refractivity contribution in [1.82, 2.24) is 9.97 Å². The van der Waals surface area contributed by atoms with Crippen molar-refractivity contribution in [3.05, 3.63) is 77.4 Å². The number of aromatic nitrogens is 2. The fourth-order valence-electron chi connectivity index (χ4n) is 3.50. The molecule has 8 nitrogen and oxygen atoms in total. The van der Waals surface area contributed by atoms with Gasteiger partial charge in [0.15, 0.2) is 0 Å². The average molecular weight is 501 g/mol. The summed E-state index contributed by atoms with van der Waals surface area (Å²) >= 11 is 0. The molecule has 1 fully saturated rings. The van der Waals surface area contributed by atoms with Crippen LogP contribution in [0.5, 0.6) is 0 Å². The van der Waals surface area contributed by atoms with Gasteiger partial charge in [0.2, 0.25) is 11.9 Å². The summed E-state index contributed by atoms with van der Waals surface area (Å²) in [4.78, 5) is 27.1. The molecule has 2 aromatic carbocycles. The Labute approximate surface area is 250 Å².